The first-order valence-corrected chi connectivity index (χ1v) is 8.82. The summed E-state index contributed by atoms with van der Waals surface area (Å²) in [5.74, 6) is -0.518. The number of rotatable bonds is 5. The highest BCUT2D eigenvalue weighted by Crippen LogP contribution is 2.19. The van der Waals surface area contributed by atoms with Gasteiger partial charge in [-0.1, -0.05) is 30.3 Å². The zero-order valence-electron chi connectivity index (χ0n) is 14.6. The molecule has 1 aliphatic heterocycles. The first kappa shape index (κ1) is 17.5. The number of carbonyl (C=O) groups excluding carboxylic acids is 1. The molecule has 3 aromatic rings. The molecule has 0 bridgehead atoms. The van der Waals surface area contributed by atoms with Crippen molar-refractivity contribution in [1.82, 2.24) is 20.3 Å². The Bertz CT molecular complexity index is 933. The molecule has 1 N–H and O–H groups in total. The van der Waals surface area contributed by atoms with Crippen LogP contribution in [-0.2, 0) is 11.2 Å². The lowest BCUT2D eigenvalue weighted by molar-refractivity contribution is 0.0277. The third-order valence-corrected chi connectivity index (χ3v) is 4.46. The monoisotopic (exact) mass is 366 g/mol. The highest BCUT2D eigenvalue weighted by Gasteiger charge is 2.16. The molecule has 1 aromatic heterocycles. The molecular formula is C20H19FN4O2. The Kier molecular flexibility index (Phi) is 5.04. The summed E-state index contributed by atoms with van der Waals surface area (Å²) in [6.07, 6.45) is 1.68. The first-order chi connectivity index (χ1) is 13.2. The van der Waals surface area contributed by atoms with E-state index in [1.165, 1.54) is 23.1 Å². The maximum absolute atomic E-state index is 13.3. The molecule has 2 aromatic carbocycles. The predicted octanol–water partition coefficient (Wildman–Crippen LogP) is 2.49. The largest absolute Gasteiger partial charge is 0.371 e. The minimum Gasteiger partial charge on any atom is -0.371 e. The number of nitrogens with zero attached hydrogens (tertiary/aromatic N) is 3. The lowest BCUT2D eigenvalue weighted by Crippen LogP contribution is -2.33. The summed E-state index contributed by atoms with van der Waals surface area (Å²) < 4.78 is 19.1. The van der Waals surface area contributed by atoms with Crippen LogP contribution < -0.4 is 5.32 Å². The fraction of sp³-hybridized carbons (Fsp3) is 0.250. The Hall–Kier alpha value is -2.90. The van der Waals surface area contributed by atoms with Gasteiger partial charge in [0, 0.05) is 25.6 Å². The number of ether oxygens (including phenoxy) is 1. The van der Waals surface area contributed by atoms with E-state index in [9.17, 15) is 9.18 Å². The average Bonchev–Trinajstić information content (AvgIpc) is 3.20. The molecule has 138 valence electrons. The SMILES string of the molecule is O=C(Cc1ccc([C@H]2CNCCO2)cc1)c1cnn(-c2cccc(F)c2)n1. The van der Waals surface area contributed by atoms with Crippen molar-refractivity contribution in [2.45, 2.75) is 12.5 Å². The molecule has 1 saturated heterocycles. The molecule has 0 radical (unpaired) electrons. The molecule has 0 spiro atoms. The van der Waals surface area contributed by atoms with Crippen molar-refractivity contribution in [3.8, 4) is 5.69 Å². The Morgan fingerprint density at radius 1 is 1.26 bits per heavy atom. The van der Waals surface area contributed by atoms with Crippen molar-refractivity contribution in [2.24, 2.45) is 0 Å². The van der Waals surface area contributed by atoms with Crippen LogP contribution in [0.1, 0.15) is 27.7 Å². The molecule has 27 heavy (non-hydrogen) atoms. The smallest absolute Gasteiger partial charge is 0.189 e. The zero-order valence-corrected chi connectivity index (χ0v) is 14.6. The molecule has 7 heteroatoms. The molecule has 1 fully saturated rings. The van der Waals surface area contributed by atoms with Gasteiger partial charge in [-0.15, -0.1) is 5.10 Å². The van der Waals surface area contributed by atoms with E-state index < -0.39 is 0 Å². The van der Waals surface area contributed by atoms with E-state index >= 15 is 0 Å². The van der Waals surface area contributed by atoms with E-state index in [-0.39, 0.29) is 29.8 Å². The van der Waals surface area contributed by atoms with E-state index in [0.717, 1.165) is 24.2 Å². The number of morpholine rings is 1. The second kappa shape index (κ2) is 7.77. The fourth-order valence-electron chi connectivity index (χ4n) is 3.02. The van der Waals surface area contributed by atoms with Crippen molar-refractivity contribution < 1.29 is 13.9 Å². The minimum absolute atomic E-state index is 0.0506. The van der Waals surface area contributed by atoms with Crippen LogP contribution in [0.5, 0.6) is 0 Å². The van der Waals surface area contributed by atoms with Gasteiger partial charge in [0.15, 0.2) is 5.78 Å². The normalized spacial score (nSPS) is 17.0. The average molecular weight is 366 g/mol. The molecule has 0 saturated carbocycles. The van der Waals surface area contributed by atoms with Gasteiger partial charge in [0.2, 0.25) is 0 Å². The van der Waals surface area contributed by atoms with Crippen LogP contribution in [0.4, 0.5) is 4.39 Å². The molecular weight excluding hydrogens is 347 g/mol. The topological polar surface area (TPSA) is 69.0 Å². The van der Waals surface area contributed by atoms with Crippen LogP contribution in [0, 0.1) is 5.82 Å². The summed E-state index contributed by atoms with van der Waals surface area (Å²) in [5.41, 5.74) is 2.71. The Morgan fingerprint density at radius 2 is 2.11 bits per heavy atom. The van der Waals surface area contributed by atoms with Crippen molar-refractivity contribution in [3.63, 3.8) is 0 Å². The summed E-state index contributed by atoms with van der Waals surface area (Å²) in [4.78, 5) is 13.7. The third-order valence-electron chi connectivity index (χ3n) is 4.46. The van der Waals surface area contributed by atoms with Crippen molar-refractivity contribution in [2.75, 3.05) is 19.7 Å². The zero-order chi connectivity index (χ0) is 18.6. The van der Waals surface area contributed by atoms with Gasteiger partial charge in [0.25, 0.3) is 0 Å². The molecule has 4 rings (SSSR count). The Balaban J connectivity index is 1.43. The highest BCUT2D eigenvalue weighted by atomic mass is 19.1. The number of benzene rings is 2. The maximum Gasteiger partial charge on any atom is 0.189 e. The summed E-state index contributed by atoms with van der Waals surface area (Å²) >= 11 is 0. The van der Waals surface area contributed by atoms with Crippen LogP contribution >= 0.6 is 0 Å². The van der Waals surface area contributed by atoms with E-state index in [2.05, 4.69) is 15.5 Å². The van der Waals surface area contributed by atoms with Crippen LogP contribution in [0.3, 0.4) is 0 Å². The van der Waals surface area contributed by atoms with Crippen LogP contribution in [0.15, 0.2) is 54.7 Å². The molecule has 0 aliphatic carbocycles. The summed E-state index contributed by atoms with van der Waals surface area (Å²) in [6, 6.07) is 13.8. The number of nitrogens with one attached hydrogen (secondary N) is 1. The number of hydrogen-bond acceptors (Lipinski definition) is 5. The molecule has 2 heterocycles. The van der Waals surface area contributed by atoms with Gasteiger partial charge in [-0.3, -0.25) is 4.79 Å². The molecule has 1 atom stereocenters. The number of aromatic nitrogens is 3. The van der Waals surface area contributed by atoms with Gasteiger partial charge < -0.3 is 10.1 Å². The van der Waals surface area contributed by atoms with Gasteiger partial charge in [-0.05, 0) is 23.3 Å². The second-order valence-electron chi connectivity index (χ2n) is 6.40. The molecule has 0 amide bonds. The number of halogens is 1. The summed E-state index contributed by atoms with van der Waals surface area (Å²) in [6.45, 7) is 2.37. The van der Waals surface area contributed by atoms with E-state index in [4.69, 9.17) is 4.74 Å². The van der Waals surface area contributed by atoms with Crippen LogP contribution in [0.2, 0.25) is 0 Å². The third kappa shape index (κ3) is 4.10. The highest BCUT2D eigenvalue weighted by molar-refractivity contribution is 5.95. The summed E-state index contributed by atoms with van der Waals surface area (Å²) in [5, 5.41) is 11.5. The lowest BCUT2D eigenvalue weighted by atomic mass is 10.0. The molecule has 0 unspecified atom stereocenters. The van der Waals surface area contributed by atoms with Crippen molar-refractivity contribution >= 4 is 5.78 Å². The van der Waals surface area contributed by atoms with Gasteiger partial charge in [0.1, 0.15) is 11.5 Å². The first-order valence-electron chi connectivity index (χ1n) is 8.82. The second-order valence-corrected chi connectivity index (χ2v) is 6.40. The van der Waals surface area contributed by atoms with Gasteiger partial charge in [-0.2, -0.15) is 9.90 Å². The van der Waals surface area contributed by atoms with Crippen molar-refractivity contribution in [3.05, 3.63) is 77.4 Å². The van der Waals surface area contributed by atoms with Gasteiger partial charge in [-0.25, -0.2) is 4.39 Å². The molecule has 6 nitrogen and oxygen atoms in total. The molecule has 1 aliphatic rings. The van der Waals surface area contributed by atoms with Crippen LogP contribution in [0.25, 0.3) is 5.69 Å². The van der Waals surface area contributed by atoms with Crippen molar-refractivity contribution in [1.29, 1.82) is 0 Å². The van der Waals surface area contributed by atoms with E-state index in [0.29, 0.717) is 12.3 Å². The van der Waals surface area contributed by atoms with E-state index in [1.54, 1.807) is 12.1 Å². The fourth-order valence-corrected chi connectivity index (χ4v) is 3.02. The van der Waals surface area contributed by atoms with E-state index in [1.807, 2.05) is 24.3 Å². The number of Topliss-reactive ketones (excluding diaryl/α,β-unsaturated/α-hetero) is 1. The van der Waals surface area contributed by atoms with Gasteiger partial charge >= 0.3 is 0 Å². The lowest BCUT2D eigenvalue weighted by Gasteiger charge is -2.24. The Labute approximate surface area is 156 Å². The number of carbonyl (C=O) groups is 1. The quantitative estimate of drug-likeness (QED) is 0.703. The maximum atomic E-state index is 13.3. The minimum atomic E-state index is -0.380. The number of ketones is 1. The predicted molar refractivity (Wildman–Crippen MR) is 97.4 cm³/mol. The summed E-state index contributed by atoms with van der Waals surface area (Å²) in [7, 11) is 0. The standard InChI is InChI=1S/C20H19FN4O2/c21-16-2-1-3-17(11-16)25-23-12-18(24-25)19(26)10-14-4-6-15(7-5-14)20-13-22-8-9-27-20/h1-7,11-12,20,22H,8-10,13H2/t20-/m1/s1. The van der Waals surface area contributed by atoms with Crippen LogP contribution in [-0.4, -0.2) is 40.5 Å². The van der Waals surface area contributed by atoms with Gasteiger partial charge in [0.05, 0.1) is 24.6 Å². The Morgan fingerprint density at radius 3 is 2.85 bits per heavy atom. The number of hydrogen-bond donors (Lipinski definition) is 1.